The van der Waals surface area contributed by atoms with Crippen molar-refractivity contribution in [2.24, 2.45) is 0 Å². The van der Waals surface area contributed by atoms with Gasteiger partial charge in [0.05, 0.1) is 19.8 Å². The van der Waals surface area contributed by atoms with Crippen molar-refractivity contribution in [2.45, 2.75) is 328 Å². The summed E-state index contributed by atoms with van der Waals surface area (Å²) in [6.07, 6.45) is 62.3. The van der Waals surface area contributed by atoms with Gasteiger partial charge in [0.25, 0.3) is 0 Å². The van der Waals surface area contributed by atoms with Gasteiger partial charge in [-0.15, -0.1) is 0 Å². The maximum absolute atomic E-state index is 12.9. The third kappa shape index (κ3) is 56.4. The van der Waals surface area contributed by atoms with Gasteiger partial charge in [-0.05, 0) is 77.0 Å². The molecule has 0 saturated carbocycles. The van der Waals surface area contributed by atoms with E-state index in [2.05, 4.69) is 57.2 Å². The minimum absolute atomic E-state index is 0.167. The van der Waals surface area contributed by atoms with Gasteiger partial charge in [0, 0.05) is 19.3 Å². The van der Waals surface area contributed by atoms with Crippen LogP contribution in [0.3, 0.4) is 0 Å². The van der Waals surface area contributed by atoms with Crippen molar-refractivity contribution in [2.75, 3.05) is 26.4 Å². The van der Waals surface area contributed by atoms with Gasteiger partial charge in [-0.25, -0.2) is 4.57 Å². The molecule has 0 aromatic heterocycles. The molecule has 0 aliphatic heterocycles. The molecule has 0 spiro atoms. The molecule has 0 heterocycles. The molecule has 0 saturated heterocycles. The lowest BCUT2D eigenvalue weighted by Crippen LogP contribution is -2.30. The van der Waals surface area contributed by atoms with Gasteiger partial charge in [-0.3, -0.25) is 23.4 Å². The van der Waals surface area contributed by atoms with E-state index in [-0.39, 0.29) is 25.9 Å². The Bertz CT molecular complexity index is 1420. The molecule has 0 fully saturated rings. The van der Waals surface area contributed by atoms with Gasteiger partial charge < -0.3 is 24.2 Å². The number of hydrogen-bond donors (Lipinski definition) is 2. The summed E-state index contributed by atoms with van der Waals surface area (Å²) >= 11 is 0. The Balaban J connectivity index is 4.69. The highest BCUT2D eigenvalue weighted by atomic mass is 31.2. The fourth-order valence-electron chi connectivity index (χ4n) is 9.15. The molecule has 3 atom stereocenters. The summed E-state index contributed by atoms with van der Waals surface area (Å²) < 4.78 is 39.7. The van der Waals surface area contributed by atoms with Crippen molar-refractivity contribution in [1.82, 2.24) is 0 Å². The van der Waals surface area contributed by atoms with Crippen LogP contribution in [0.5, 0.6) is 0 Å². The van der Waals surface area contributed by atoms with E-state index in [0.717, 1.165) is 70.6 Å². The zero-order chi connectivity index (χ0) is 55.5. The molecule has 2 N–H and O–H groups in total. The van der Waals surface area contributed by atoms with E-state index < -0.39 is 57.8 Å². The molecule has 0 aliphatic carbocycles. The molecule has 446 valence electrons. The number of ether oxygens (including phenoxy) is 3. The van der Waals surface area contributed by atoms with Crippen molar-refractivity contribution in [3.8, 4) is 0 Å². The summed E-state index contributed by atoms with van der Waals surface area (Å²) in [4.78, 5) is 48.7. The number of aliphatic hydroxyl groups excluding tert-OH is 1. The van der Waals surface area contributed by atoms with Crippen molar-refractivity contribution in [1.29, 1.82) is 0 Å². The molecule has 0 aliphatic rings. The number of carbonyl (C=O) groups excluding carboxylic acids is 3. The highest BCUT2D eigenvalue weighted by Crippen LogP contribution is 2.43. The zero-order valence-corrected chi connectivity index (χ0v) is 50.4. The summed E-state index contributed by atoms with van der Waals surface area (Å²) in [5.74, 6) is -1.45. The number of esters is 3. The first kappa shape index (κ1) is 73.7. The molecular weight excluding hydrogens is 976 g/mol. The number of phosphoric ester groups is 1. The minimum atomic E-state index is -4.75. The number of allylic oxidation sites excluding steroid dienone is 6. The quantitative estimate of drug-likeness (QED) is 0.0197. The molecule has 3 unspecified atom stereocenters. The maximum Gasteiger partial charge on any atom is 0.472 e. The number of carbonyl (C=O) groups is 3. The Morgan fingerprint density at radius 3 is 1.01 bits per heavy atom. The van der Waals surface area contributed by atoms with Crippen LogP contribution >= 0.6 is 7.82 Å². The summed E-state index contributed by atoms with van der Waals surface area (Å²) in [7, 11) is -4.75. The predicted octanol–water partition coefficient (Wildman–Crippen LogP) is 19.2. The third-order valence-electron chi connectivity index (χ3n) is 14.0. The lowest BCUT2D eigenvalue weighted by atomic mass is 10.0. The lowest BCUT2D eigenvalue weighted by Gasteiger charge is -2.21. The molecule has 0 radical (unpaired) electrons. The smallest absolute Gasteiger partial charge is 0.462 e. The van der Waals surface area contributed by atoms with Crippen LogP contribution in [0.1, 0.15) is 316 Å². The number of phosphoric acid groups is 1. The van der Waals surface area contributed by atoms with Crippen molar-refractivity contribution in [3.63, 3.8) is 0 Å². The number of aliphatic hydroxyl groups is 1. The highest BCUT2D eigenvalue weighted by Gasteiger charge is 2.28. The van der Waals surface area contributed by atoms with Gasteiger partial charge in [-0.1, -0.05) is 256 Å². The van der Waals surface area contributed by atoms with E-state index in [1.165, 1.54) is 186 Å². The average Bonchev–Trinajstić information content (AvgIpc) is 3.41. The second kappa shape index (κ2) is 58.8. The topological polar surface area (TPSA) is 155 Å². The summed E-state index contributed by atoms with van der Waals surface area (Å²) in [5.41, 5.74) is 0. The SMILES string of the molecule is CCCCC/C=C\C/C=C\CCCCCCCCCC(=O)OCC(COP(=O)(O)OCC(CO)OC(=O)CCCCCCCCCCCCCCC)OC(=O)CCCCCCCCCCC/C=C\CCCCCCCC. The second-order valence-corrected chi connectivity index (χ2v) is 23.0. The Hall–Kier alpha value is -2.30. The Labute approximate surface area is 467 Å². The summed E-state index contributed by atoms with van der Waals surface area (Å²) in [5, 5.41) is 9.83. The fraction of sp³-hybridized carbons (Fsp3) is 0.859. The highest BCUT2D eigenvalue weighted by molar-refractivity contribution is 7.47. The molecule has 11 nitrogen and oxygen atoms in total. The van der Waals surface area contributed by atoms with E-state index in [0.29, 0.717) is 19.3 Å². The molecule has 0 bridgehead atoms. The summed E-state index contributed by atoms with van der Waals surface area (Å²) in [6, 6.07) is 0. The van der Waals surface area contributed by atoms with Crippen LogP contribution < -0.4 is 0 Å². The fourth-order valence-corrected chi connectivity index (χ4v) is 9.93. The number of unbranched alkanes of at least 4 members (excludes halogenated alkanes) is 37. The minimum Gasteiger partial charge on any atom is -0.462 e. The normalized spacial score (nSPS) is 13.5. The Morgan fingerprint density at radius 1 is 0.368 bits per heavy atom. The van der Waals surface area contributed by atoms with Crippen LogP contribution in [-0.2, 0) is 42.2 Å². The maximum atomic E-state index is 12.9. The van der Waals surface area contributed by atoms with Crippen LogP contribution in [0, 0.1) is 0 Å². The first-order valence-corrected chi connectivity index (χ1v) is 33.4. The second-order valence-electron chi connectivity index (χ2n) is 21.6. The van der Waals surface area contributed by atoms with Gasteiger partial charge in [0.15, 0.2) is 6.10 Å². The molecule has 0 amide bonds. The van der Waals surface area contributed by atoms with Crippen LogP contribution in [0.4, 0.5) is 0 Å². The predicted molar refractivity (Wildman–Crippen MR) is 316 cm³/mol. The first-order chi connectivity index (χ1) is 37.2. The van der Waals surface area contributed by atoms with E-state index in [1.807, 2.05) is 0 Å². The molecule has 0 rings (SSSR count). The van der Waals surface area contributed by atoms with Gasteiger partial charge in [-0.2, -0.15) is 0 Å². The van der Waals surface area contributed by atoms with Gasteiger partial charge in [0.1, 0.15) is 12.7 Å². The Kier molecular flexibility index (Phi) is 57.1. The molecule has 0 aromatic carbocycles. The van der Waals surface area contributed by atoms with Crippen molar-refractivity contribution in [3.05, 3.63) is 36.5 Å². The molecule has 76 heavy (non-hydrogen) atoms. The Morgan fingerprint density at radius 2 is 0.645 bits per heavy atom. The van der Waals surface area contributed by atoms with E-state index in [1.54, 1.807) is 0 Å². The molecular formula is C64H119O11P. The summed E-state index contributed by atoms with van der Waals surface area (Å²) in [6.45, 7) is 4.67. The van der Waals surface area contributed by atoms with Crippen LogP contribution in [0.15, 0.2) is 36.5 Å². The number of rotatable bonds is 60. The van der Waals surface area contributed by atoms with Gasteiger partial charge >= 0.3 is 25.7 Å². The monoisotopic (exact) mass is 1090 g/mol. The largest absolute Gasteiger partial charge is 0.472 e. The van der Waals surface area contributed by atoms with Crippen LogP contribution in [0.25, 0.3) is 0 Å². The van der Waals surface area contributed by atoms with E-state index in [9.17, 15) is 28.9 Å². The lowest BCUT2D eigenvalue weighted by molar-refractivity contribution is -0.161. The van der Waals surface area contributed by atoms with E-state index in [4.69, 9.17) is 23.3 Å². The van der Waals surface area contributed by atoms with Crippen LogP contribution in [0.2, 0.25) is 0 Å². The van der Waals surface area contributed by atoms with E-state index >= 15 is 0 Å². The van der Waals surface area contributed by atoms with Crippen molar-refractivity contribution >= 4 is 25.7 Å². The number of hydrogen-bond acceptors (Lipinski definition) is 10. The van der Waals surface area contributed by atoms with Crippen molar-refractivity contribution < 1.29 is 52.2 Å². The molecule has 0 aromatic rings. The van der Waals surface area contributed by atoms with Crippen LogP contribution in [-0.4, -0.2) is 66.5 Å². The van der Waals surface area contributed by atoms with Gasteiger partial charge in [0.2, 0.25) is 0 Å². The zero-order valence-electron chi connectivity index (χ0n) is 49.5. The first-order valence-electron chi connectivity index (χ1n) is 31.9. The standard InChI is InChI=1S/C64H119O11P/c1-4-7-10-13-16-19-22-25-27-29-30-32-34-37-40-43-46-49-52-55-64(68)75-61(57-71-62(66)53-50-47-44-41-38-36-33-31-28-26-23-20-17-14-11-8-5-2)59-73-76(69,70)72-58-60(56-65)74-63(67)54-51-48-45-42-39-35-24-21-18-15-12-9-6-3/h17,20,25-28,60-61,65H,4-16,18-19,21-24,29-59H2,1-3H3,(H,69,70)/b20-17-,27-25-,28-26-. The average molecular weight is 1100 g/mol. The third-order valence-corrected chi connectivity index (χ3v) is 15.0. The molecule has 12 heteroatoms.